The van der Waals surface area contributed by atoms with E-state index in [1.807, 2.05) is 0 Å². The molecule has 0 aromatic carbocycles. The summed E-state index contributed by atoms with van der Waals surface area (Å²) in [5.74, 6) is 1.36. The van der Waals surface area contributed by atoms with Crippen LogP contribution in [0, 0.1) is 11.8 Å². The Hall–Kier alpha value is -0.570. The Morgan fingerprint density at radius 3 is 2.61 bits per heavy atom. The molecule has 1 heterocycles. The molecule has 0 bridgehead atoms. The van der Waals surface area contributed by atoms with Crippen molar-refractivity contribution in [3.8, 4) is 0 Å². The van der Waals surface area contributed by atoms with Crippen LogP contribution in [0.15, 0.2) is 0 Å². The first kappa shape index (κ1) is 13.9. The van der Waals surface area contributed by atoms with Gasteiger partial charge in [-0.05, 0) is 44.4 Å². The third-order valence-corrected chi connectivity index (χ3v) is 4.41. The van der Waals surface area contributed by atoms with Crippen molar-refractivity contribution in [3.63, 3.8) is 0 Å². The van der Waals surface area contributed by atoms with Crippen LogP contribution in [0.1, 0.15) is 64.7 Å². The van der Waals surface area contributed by atoms with Crippen LogP contribution in [0.4, 0.5) is 0 Å². The summed E-state index contributed by atoms with van der Waals surface area (Å²) in [6, 6.07) is 0. The molecule has 1 aliphatic carbocycles. The molecule has 1 amide bonds. The Kier molecular flexibility index (Phi) is 5.48. The van der Waals surface area contributed by atoms with E-state index < -0.39 is 0 Å². The average molecular weight is 253 g/mol. The van der Waals surface area contributed by atoms with Gasteiger partial charge < -0.3 is 0 Å². The van der Waals surface area contributed by atoms with Gasteiger partial charge in [-0.25, -0.2) is 5.06 Å². The van der Waals surface area contributed by atoms with Crippen molar-refractivity contribution in [2.75, 3.05) is 13.2 Å². The highest BCUT2D eigenvalue weighted by atomic mass is 16.7. The van der Waals surface area contributed by atoms with Crippen molar-refractivity contribution in [2.24, 2.45) is 11.8 Å². The predicted molar refractivity (Wildman–Crippen MR) is 71.9 cm³/mol. The van der Waals surface area contributed by atoms with Gasteiger partial charge in [0.05, 0.1) is 6.61 Å². The lowest BCUT2D eigenvalue weighted by Gasteiger charge is -2.33. The highest BCUT2D eigenvalue weighted by molar-refractivity contribution is 5.77. The van der Waals surface area contributed by atoms with Gasteiger partial charge in [-0.1, -0.05) is 26.2 Å². The molecule has 0 unspecified atom stereocenters. The Morgan fingerprint density at radius 1 is 1.22 bits per heavy atom. The summed E-state index contributed by atoms with van der Waals surface area (Å²) in [6.07, 6.45) is 10.8. The summed E-state index contributed by atoms with van der Waals surface area (Å²) < 4.78 is 0. The molecule has 0 radical (unpaired) electrons. The second-order valence-electron chi connectivity index (χ2n) is 5.84. The fraction of sp³-hybridized carbons (Fsp3) is 0.933. The molecule has 18 heavy (non-hydrogen) atoms. The molecule has 1 saturated carbocycles. The van der Waals surface area contributed by atoms with Gasteiger partial charge in [-0.15, -0.1) is 0 Å². The van der Waals surface area contributed by atoms with Crippen molar-refractivity contribution in [3.05, 3.63) is 0 Å². The van der Waals surface area contributed by atoms with Crippen molar-refractivity contribution < 1.29 is 9.63 Å². The van der Waals surface area contributed by atoms with Crippen molar-refractivity contribution >= 4 is 5.91 Å². The molecule has 2 aliphatic rings. The van der Waals surface area contributed by atoms with Crippen molar-refractivity contribution in [2.45, 2.75) is 64.7 Å². The number of carbonyl (C=O) groups excluding carboxylic acids is 1. The van der Waals surface area contributed by atoms with Gasteiger partial charge in [0.2, 0.25) is 5.91 Å². The van der Waals surface area contributed by atoms with Gasteiger partial charge in [-0.3, -0.25) is 9.63 Å². The molecule has 3 heteroatoms. The van der Waals surface area contributed by atoms with Gasteiger partial charge in [-0.2, -0.15) is 0 Å². The van der Waals surface area contributed by atoms with Crippen LogP contribution in [-0.4, -0.2) is 24.1 Å². The van der Waals surface area contributed by atoms with Crippen molar-refractivity contribution in [1.29, 1.82) is 0 Å². The number of nitrogens with zero attached hydrogens (tertiary/aromatic N) is 1. The number of unbranched alkanes of at least 4 members (excludes halogenated alkanes) is 1. The second kappa shape index (κ2) is 7.13. The van der Waals surface area contributed by atoms with Crippen LogP contribution < -0.4 is 0 Å². The zero-order chi connectivity index (χ0) is 12.8. The maximum Gasteiger partial charge on any atom is 0.249 e. The van der Waals surface area contributed by atoms with E-state index in [9.17, 15) is 4.79 Å². The SMILES string of the molecule is CCCCC1CCC(C(=O)N2CCCCO2)CC1. The lowest BCUT2D eigenvalue weighted by atomic mass is 9.79. The van der Waals surface area contributed by atoms with E-state index in [2.05, 4.69) is 6.92 Å². The molecule has 0 N–H and O–H groups in total. The quantitative estimate of drug-likeness (QED) is 0.767. The van der Waals surface area contributed by atoms with Crippen LogP contribution in [0.2, 0.25) is 0 Å². The van der Waals surface area contributed by atoms with Gasteiger partial charge in [0, 0.05) is 12.5 Å². The Balaban J connectivity index is 1.73. The first-order valence-electron chi connectivity index (χ1n) is 7.75. The third-order valence-electron chi connectivity index (χ3n) is 4.41. The first-order chi connectivity index (χ1) is 8.81. The summed E-state index contributed by atoms with van der Waals surface area (Å²) >= 11 is 0. The van der Waals surface area contributed by atoms with Crippen LogP contribution in [-0.2, 0) is 9.63 Å². The molecular formula is C15H27NO2. The molecule has 0 aromatic rings. The molecule has 1 aliphatic heterocycles. The minimum Gasteiger partial charge on any atom is -0.272 e. The molecule has 0 atom stereocenters. The van der Waals surface area contributed by atoms with Crippen LogP contribution in [0.5, 0.6) is 0 Å². The molecule has 3 nitrogen and oxygen atoms in total. The molecule has 2 fully saturated rings. The maximum atomic E-state index is 12.3. The molecule has 104 valence electrons. The highest BCUT2D eigenvalue weighted by Crippen LogP contribution is 2.33. The van der Waals surface area contributed by atoms with Gasteiger partial charge in [0.15, 0.2) is 0 Å². The topological polar surface area (TPSA) is 29.5 Å². The fourth-order valence-corrected chi connectivity index (χ4v) is 3.17. The van der Waals surface area contributed by atoms with E-state index in [4.69, 9.17) is 4.84 Å². The minimum absolute atomic E-state index is 0.237. The summed E-state index contributed by atoms with van der Waals surface area (Å²) in [6.45, 7) is 3.77. The minimum atomic E-state index is 0.237. The maximum absolute atomic E-state index is 12.3. The molecular weight excluding hydrogens is 226 g/mol. The summed E-state index contributed by atoms with van der Waals surface area (Å²) in [5, 5.41) is 1.64. The third kappa shape index (κ3) is 3.71. The van der Waals surface area contributed by atoms with Gasteiger partial charge in [0.1, 0.15) is 0 Å². The number of hydrogen-bond donors (Lipinski definition) is 0. The molecule has 2 rings (SSSR count). The zero-order valence-corrected chi connectivity index (χ0v) is 11.7. The standard InChI is InChI=1S/C15H27NO2/c1-2-3-6-13-7-9-14(10-8-13)15(17)16-11-4-5-12-18-16/h13-14H,2-12H2,1H3. The predicted octanol–water partition coefficient (Wildman–Crippen LogP) is 3.54. The Labute approximate surface area is 111 Å². The molecule has 0 aromatic heterocycles. The van der Waals surface area contributed by atoms with Crippen LogP contribution in [0.3, 0.4) is 0 Å². The number of hydrogen-bond acceptors (Lipinski definition) is 2. The normalized spacial score (nSPS) is 29.3. The Morgan fingerprint density at radius 2 is 2.00 bits per heavy atom. The average Bonchev–Trinajstić information content (AvgIpc) is 2.46. The number of rotatable bonds is 4. The fourth-order valence-electron chi connectivity index (χ4n) is 3.17. The van der Waals surface area contributed by atoms with Crippen LogP contribution >= 0.6 is 0 Å². The Bertz CT molecular complexity index is 253. The lowest BCUT2D eigenvalue weighted by Crippen LogP contribution is -2.40. The largest absolute Gasteiger partial charge is 0.272 e. The van der Waals surface area contributed by atoms with Crippen molar-refractivity contribution in [1.82, 2.24) is 5.06 Å². The number of amides is 1. The number of hydroxylamine groups is 2. The summed E-state index contributed by atoms with van der Waals surface area (Å²) in [7, 11) is 0. The van der Waals surface area contributed by atoms with E-state index >= 15 is 0 Å². The smallest absolute Gasteiger partial charge is 0.249 e. The van der Waals surface area contributed by atoms with Crippen LogP contribution in [0.25, 0.3) is 0 Å². The molecule has 1 saturated heterocycles. The lowest BCUT2D eigenvalue weighted by molar-refractivity contribution is -0.202. The monoisotopic (exact) mass is 253 g/mol. The van der Waals surface area contributed by atoms with E-state index in [1.165, 1.54) is 32.1 Å². The van der Waals surface area contributed by atoms with E-state index in [0.29, 0.717) is 0 Å². The van der Waals surface area contributed by atoms with E-state index in [-0.39, 0.29) is 11.8 Å². The first-order valence-corrected chi connectivity index (χ1v) is 7.75. The van der Waals surface area contributed by atoms with Gasteiger partial charge in [0.25, 0.3) is 0 Å². The zero-order valence-electron chi connectivity index (χ0n) is 11.7. The van der Waals surface area contributed by atoms with E-state index in [1.54, 1.807) is 5.06 Å². The summed E-state index contributed by atoms with van der Waals surface area (Å²) in [4.78, 5) is 17.7. The summed E-state index contributed by atoms with van der Waals surface area (Å²) in [5.41, 5.74) is 0. The molecule has 0 spiro atoms. The second-order valence-corrected chi connectivity index (χ2v) is 5.84. The highest BCUT2D eigenvalue weighted by Gasteiger charge is 2.30. The van der Waals surface area contributed by atoms with E-state index in [0.717, 1.165) is 44.8 Å². The van der Waals surface area contributed by atoms with Gasteiger partial charge >= 0.3 is 0 Å². The number of carbonyl (C=O) groups is 1.